The van der Waals surface area contributed by atoms with Gasteiger partial charge in [-0.15, -0.1) is 0 Å². The lowest BCUT2D eigenvalue weighted by Crippen LogP contribution is -2.58. The zero-order valence-corrected chi connectivity index (χ0v) is 12.1. The molecule has 0 aromatic heterocycles. The molecule has 2 heteroatoms. The van der Waals surface area contributed by atoms with Crippen LogP contribution in [0.5, 0.6) is 0 Å². The van der Waals surface area contributed by atoms with Gasteiger partial charge in [0.2, 0.25) is 0 Å². The van der Waals surface area contributed by atoms with Gasteiger partial charge in [0.1, 0.15) is 0 Å². The smallest absolute Gasteiger partial charge is 0.154 e. The first-order valence-electron chi connectivity index (χ1n) is 7.43. The van der Waals surface area contributed by atoms with Crippen molar-refractivity contribution in [3.63, 3.8) is 0 Å². The van der Waals surface area contributed by atoms with Gasteiger partial charge in [-0.3, -0.25) is 0 Å². The van der Waals surface area contributed by atoms with Crippen molar-refractivity contribution in [1.82, 2.24) is 0 Å². The predicted molar refractivity (Wildman–Crippen MR) is 78.9 cm³/mol. The summed E-state index contributed by atoms with van der Waals surface area (Å²) in [6.45, 7) is 4.11. The van der Waals surface area contributed by atoms with Crippen LogP contribution in [0, 0.1) is 29.1 Å². The van der Waals surface area contributed by atoms with Gasteiger partial charge in [0.15, 0.2) is 5.60 Å². The highest BCUT2D eigenvalue weighted by Crippen LogP contribution is 2.55. The Balaban J connectivity index is 1.96. The molecule has 2 N–H and O–H groups in total. The Morgan fingerprint density at radius 2 is 1.75 bits per heavy atom. The molecule has 3 rings (SSSR count). The summed E-state index contributed by atoms with van der Waals surface area (Å²) in [5.74, 6) is 6.65. The molecule has 0 aliphatic heterocycles. The Morgan fingerprint density at radius 3 is 2.45 bits per heavy atom. The van der Waals surface area contributed by atoms with E-state index in [-0.39, 0.29) is 11.3 Å². The van der Waals surface area contributed by atoms with Crippen molar-refractivity contribution in [2.45, 2.75) is 44.8 Å². The minimum atomic E-state index is -1.27. The van der Waals surface area contributed by atoms with E-state index in [1.165, 1.54) is 0 Å². The summed E-state index contributed by atoms with van der Waals surface area (Å²) in [6.07, 6.45) is 2.25. The molecular formula is C18H22O2. The summed E-state index contributed by atoms with van der Waals surface area (Å²) in [4.78, 5) is 0. The van der Waals surface area contributed by atoms with E-state index in [1.807, 2.05) is 30.3 Å². The first-order chi connectivity index (χ1) is 9.44. The first kappa shape index (κ1) is 13.7. The van der Waals surface area contributed by atoms with Crippen LogP contribution >= 0.6 is 0 Å². The van der Waals surface area contributed by atoms with Crippen molar-refractivity contribution in [2.75, 3.05) is 0 Å². The third-order valence-corrected chi connectivity index (χ3v) is 5.41. The molecule has 2 saturated carbocycles. The Kier molecular flexibility index (Phi) is 3.16. The molecule has 1 aromatic carbocycles. The molecule has 0 spiro atoms. The van der Waals surface area contributed by atoms with Crippen LogP contribution < -0.4 is 0 Å². The van der Waals surface area contributed by atoms with E-state index >= 15 is 0 Å². The molecular weight excluding hydrogens is 248 g/mol. The highest BCUT2D eigenvalue weighted by Gasteiger charge is 2.59. The molecule has 1 aromatic rings. The van der Waals surface area contributed by atoms with Gasteiger partial charge in [0, 0.05) is 11.5 Å². The normalized spacial score (nSPS) is 38.1. The van der Waals surface area contributed by atoms with E-state index in [4.69, 9.17) is 0 Å². The Morgan fingerprint density at radius 1 is 1.10 bits per heavy atom. The van der Waals surface area contributed by atoms with Gasteiger partial charge in [0.05, 0.1) is 6.10 Å². The zero-order chi connectivity index (χ0) is 14.4. The number of fused-ring (bicyclic) bond motifs is 2. The van der Waals surface area contributed by atoms with Crippen LogP contribution in [0.2, 0.25) is 0 Å². The third kappa shape index (κ3) is 1.97. The van der Waals surface area contributed by atoms with Crippen molar-refractivity contribution in [1.29, 1.82) is 0 Å². The first-order valence-corrected chi connectivity index (χ1v) is 7.43. The Labute approximate surface area is 120 Å². The van der Waals surface area contributed by atoms with Crippen molar-refractivity contribution >= 4 is 0 Å². The number of hydrogen-bond donors (Lipinski definition) is 2. The van der Waals surface area contributed by atoms with Gasteiger partial charge in [-0.2, -0.15) is 0 Å². The van der Waals surface area contributed by atoms with Gasteiger partial charge in [-0.1, -0.05) is 43.9 Å². The quantitative estimate of drug-likeness (QED) is 0.711. The largest absolute Gasteiger partial charge is 0.388 e. The highest BCUT2D eigenvalue weighted by molar-refractivity contribution is 5.38. The zero-order valence-electron chi connectivity index (χ0n) is 12.1. The molecule has 0 amide bonds. The standard InChI is InChI=1S/C18H22O2/c1-17(2)14-8-9-15(12-14)18(20,16(17)19)11-10-13-6-4-3-5-7-13/h3-7,14-16,19-20H,8-9,12H2,1-2H3/t14-,15+,16+,18-/m1/s1. The fourth-order valence-corrected chi connectivity index (χ4v) is 3.93. The summed E-state index contributed by atoms with van der Waals surface area (Å²) in [7, 11) is 0. The van der Waals surface area contributed by atoms with Crippen LogP contribution in [-0.2, 0) is 0 Å². The second-order valence-electron chi connectivity index (χ2n) is 6.87. The fourth-order valence-electron chi connectivity index (χ4n) is 3.93. The maximum Gasteiger partial charge on any atom is 0.154 e. The Bertz CT molecular complexity index is 552. The van der Waals surface area contributed by atoms with Gasteiger partial charge < -0.3 is 10.2 Å². The molecule has 20 heavy (non-hydrogen) atoms. The van der Waals surface area contributed by atoms with Crippen LogP contribution in [0.3, 0.4) is 0 Å². The average molecular weight is 270 g/mol. The summed E-state index contributed by atoms with van der Waals surface area (Å²) in [6, 6.07) is 9.66. The molecule has 2 aliphatic carbocycles. The third-order valence-electron chi connectivity index (χ3n) is 5.41. The van der Waals surface area contributed by atoms with Crippen LogP contribution in [0.1, 0.15) is 38.7 Å². The molecule has 0 unspecified atom stereocenters. The van der Waals surface area contributed by atoms with Crippen molar-refractivity contribution in [2.24, 2.45) is 17.3 Å². The lowest BCUT2D eigenvalue weighted by atomic mass is 9.61. The maximum absolute atomic E-state index is 11.0. The summed E-state index contributed by atoms with van der Waals surface area (Å²) >= 11 is 0. The molecule has 0 saturated heterocycles. The minimum Gasteiger partial charge on any atom is -0.388 e. The van der Waals surface area contributed by atoms with Crippen LogP contribution in [0.25, 0.3) is 0 Å². The van der Waals surface area contributed by atoms with E-state index in [0.717, 1.165) is 24.8 Å². The molecule has 0 heterocycles. The summed E-state index contributed by atoms with van der Waals surface area (Å²) < 4.78 is 0. The van der Waals surface area contributed by atoms with Crippen LogP contribution in [0.4, 0.5) is 0 Å². The molecule has 2 bridgehead atoms. The molecule has 106 valence electrons. The van der Waals surface area contributed by atoms with E-state index in [1.54, 1.807) is 0 Å². The predicted octanol–water partition coefficient (Wildman–Crippen LogP) is 2.59. The number of rotatable bonds is 0. The van der Waals surface area contributed by atoms with Gasteiger partial charge in [0.25, 0.3) is 0 Å². The highest BCUT2D eigenvalue weighted by atomic mass is 16.3. The second-order valence-corrected chi connectivity index (χ2v) is 6.87. The molecule has 2 nitrogen and oxygen atoms in total. The fraction of sp³-hybridized carbons (Fsp3) is 0.556. The lowest BCUT2D eigenvalue weighted by Gasteiger charge is -2.48. The molecule has 2 fully saturated rings. The van der Waals surface area contributed by atoms with E-state index in [9.17, 15) is 10.2 Å². The van der Waals surface area contributed by atoms with Crippen molar-refractivity contribution in [3.05, 3.63) is 35.9 Å². The van der Waals surface area contributed by atoms with E-state index < -0.39 is 11.7 Å². The lowest BCUT2D eigenvalue weighted by molar-refractivity contribution is -0.154. The minimum absolute atomic E-state index is 0.103. The molecule has 2 aliphatic rings. The molecule has 4 atom stereocenters. The number of aliphatic hydroxyl groups is 2. The van der Waals surface area contributed by atoms with E-state index in [2.05, 4.69) is 25.7 Å². The van der Waals surface area contributed by atoms with Crippen molar-refractivity contribution in [3.8, 4) is 11.8 Å². The Hall–Kier alpha value is -1.30. The number of hydrogen-bond acceptors (Lipinski definition) is 2. The van der Waals surface area contributed by atoms with Gasteiger partial charge in [-0.25, -0.2) is 0 Å². The van der Waals surface area contributed by atoms with Gasteiger partial charge in [-0.05, 0) is 42.7 Å². The topological polar surface area (TPSA) is 40.5 Å². The van der Waals surface area contributed by atoms with Gasteiger partial charge >= 0.3 is 0 Å². The number of aliphatic hydroxyl groups excluding tert-OH is 1. The summed E-state index contributed by atoms with van der Waals surface area (Å²) in [5, 5.41) is 21.7. The van der Waals surface area contributed by atoms with Crippen LogP contribution in [-0.4, -0.2) is 21.9 Å². The second kappa shape index (κ2) is 4.62. The van der Waals surface area contributed by atoms with Crippen LogP contribution in [0.15, 0.2) is 30.3 Å². The average Bonchev–Trinajstić information content (AvgIpc) is 2.93. The monoisotopic (exact) mass is 270 g/mol. The van der Waals surface area contributed by atoms with Crippen molar-refractivity contribution < 1.29 is 10.2 Å². The molecule has 0 radical (unpaired) electrons. The maximum atomic E-state index is 11.0. The SMILES string of the molecule is CC1(C)[C@@H]2CC[C@@H](C2)[C@](O)(C#Cc2ccccc2)[C@H]1O. The van der Waals surface area contributed by atoms with E-state index in [0.29, 0.717) is 5.92 Å². The summed E-state index contributed by atoms with van der Waals surface area (Å²) in [5.41, 5.74) is -0.662. The number of benzene rings is 1.